The molecule has 0 saturated carbocycles. The number of nitrogens with zero attached hydrogens (tertiary/aromatic N) is 4. The van der Waals surface area contributed by atoms with E-state index in [1.54, 1.807) is 18.2 Å². The number of carbonyl (C=O) groups is 2. The van der Waals surface area contributed by atoms with Gasteiger partial charge in [-0.15, -0.1) is 0 Å². The molecule has 1 unspecified atom stereocenters. The average molecular weight is 631 g/mol. The predicted molar refractivity (Wildman–Crippen MR) is 177 cm³/mol. The van der Waals surface area contributed by atoms with Gasteiger partial charge in [-0.3, -0.25) is 24.3 Å². The summed E-state index contributed by atoms with van der Waals surface area (Å²) in [6, 6.07) is 22.4. The number of carboxylic acid groups (broad SMARTS) is 1. The summed E-state index contributed by atoms with van der Waals surface area (Å²) >= 11 is 0. The Kier molecular flexibility index (Phi) is 11.4. The van der Waals surface area contributed by atoms with E-state index in [0.717, 1.165) is 62.3 Å². The summed E-state index contributed by atoms with van der Waals surface area (Å²) in [7, 11) is 0. The van der Waals surface area contributed by atoms with Gasteiger partial charge in [-0.25, -0.2) is 4.39 Å². The Morgan fingerprint density at radius 3 is 2.28 bits per heavy atom. The van der Waals surface area contributed by atoms with Crippen LogP contribution in [0.15, 0.2) is 72.8 Å². The molecule has 8 nitrogen and oxygen atoms in total. The second-order valence-electron chi connectivity index (χ2n) is 12.9. The van der Waals surface area contributed by atoms with E-state index in [4.69, 9.17) is 5.11 Å². The van der Waals surface area contributed by atoms with E-state index in [2.05, 4.69) is 34.6 Å². The Morgan fingerprint density at radius 2 is 1.57 bits per heavy atom. The van der Waals surface area contributed by atoms with Gasteiger partial charge in [0, 0.05) is 69.9 Å². The summed E-state index contributed by atoms with van der Waals surface area (Å²) in [5, 5.41) is 19.3. The van der Waals surface area contributed by atoms with Crippen LogP contribution in [0.2, 0.25) is 0 Å². The Bertz CT molecular complexity index is 1480. The van der Waals surface area contributed by atoms with E-state index in [-0.39, 0.29) is 42.0 Å². The minimum atomic E-state index is -0.742. The lowest BCUT2D eigenvalue weighted by Gasteiger charge is -2.47. The maximum absolute atomic E-state index is 13.9. The lowest BCUT2D eigenvalue weighted by Crippen LogP contribution is -2.56. The third kappa shape index (κ3) is 8.72. The summed E-state index contributed by atoms with van der Waals surface area (Å²) < 4.78 is 13.9. The van der Waals surface area contributed by atoms with E-state index < -0.39 is 5.97 Å². The number of unbranched alkanes of at least 4 members (excludes halogenated alkanes) is 2. The number of aromatic hydroxyl groups is 1. The van der Waals surface area contributed by atoms with Gasteiger partial charge in [-0.05, 0) is 86.3 Å². The first kappa shape index (κ1) is 33.6. The van der Waals surface area contributed by atoms with E-state index in [1.165, 1.54) is 6.07 Å². The summed E-state index contributed by atoms with van der Waals surface area (Å²) in [5.41, 5.74) is 3.60. The number of hydrogen-bond acceptors (Lipinski definition) is 6. The van der Waals surface area contributed by atoms with Crippen molar-refractivity contribution in [3.05, 3.63) is 101 Å². The minimum Gasteiger partial charge on any atom is -0.508 e. The van der Waals surface area contributed by atoms with Crippen LogP contribution in [-0.2, 0) is 11.3 Å². The summed E-state index contributed by atoms with van der Waals surface area (Å²) in [4.78, 5) is 33.6. The normalized spacial score (nSPS) is 20.5. The van der Waals surface area contributed by atoms with Gasteiger partial charge >= 0.3 is 5.97 Å². The molecular formula is C37H47FN4O4. The fourth-order valence-corrected chi connectivity index (χ4v) is 6.93. The Morgan fingerprint density at radius 1 is 0.848 bits per heavy atom. The molecule has 2 N–H and O–H groups in total. The summed E-state index contributed by atoms with van der Waals surface area (Å²) in [6.45, 7) is 10.5. The van der Waals surface area contributed by atoms with E-state index in [1.807, 2.05) is 47.4 Å². The fourth-order valence-electron chi connectivity index (χ4n) is 6.93. The van der Waals surface area contributed by atoms with Crippen molar-refractivity contribution < 1.29 is 24.2 Å². The van der Waals surface area contributed by atoms with Crippen molar-refractivity contribution in [3.8, 4) is 5.75 Å². The molecule has 2 aliphatic heterocycles. The van der Waals surface area contributed by atoms with Gasteiger partial charge in [0.15, 0.2) is 0 Å². The second kappa shape index (κ2) is 15.7. The number of phenolic OH excluding ortho intramolecular Hbond substituents is 1. The van der Waals surface area contributed by atoms with Crippen LogP contribution in [0.5, 0.6) is 5.75 Å². The molecule has 3 aromatic carbocycles. The smallest absolute Gasteiger partial charge is 0.303 e. The second-order valence-corrected chi connectivity index (χ2v) is 12.9. The van der Waals surface area contributed by atoms with Crippen LogP contribution in [0, 0.1) is 5.82 Å². The number of aliphatic carboxylic acids is 1. The zero-order valence-electron chi connectivity index (χ0n) is 27.0. The van der Waals surface area contributed by atoms with Gasteiger partial charge in [0.1, 0.15) is 11.6 Å². The lowest BCUT2D eigenvalue weighted by molar-refractivity contribution is -0.137. The molecule has 0 aromatic heterocycles. The molecule has 0 radical (unpaired) electrons. The number of carbonyl (C=O) groups excluding carboxylic acids is 1. The SMILES string of the molecule is C[C@@H]1CN(C(c2cccc(O)c2)c2cccc(C(=O)N3CCN(CCCCCC(=O)O)CC3)c2)[C@@H](C)CN1Cc1cccc(F)c1. The zero-order valence-corrected chi connectivity index (χ0v) is 27.0. The van der Waals surface area contributed by atoms with Gasteiger partial charge in [-0.1, -0.05) is 42.8 Å². The number of halogens is 1. The standard InChI is InChI=1S/C37H47FN4O4/c1-27-25-42(28(2)24-41(27)26-29-9-6-13-33(38)21-29)36(31-11-8-14-34(43)23-31)30-10-7-12-32(22-30)37(46)40-19-17-39(18-20-40)16-5-3-4-15-35(44)45/h6-14,21-23,27-28,36,43H,3-5,15-20,24-26H2,1-2H3,(H,44,45)/t27-,28+,36?/m1/s1. The molecular weight excluding hydrogens is 583 g/mol. The molecule has 2 fully saturated rings. The molecule has 3 aromatic rings. The van der Waals surface area contributed by atoms with Gasteiger partial charge < -0.3 is 15.1 Å². The first-order valence-electron chi connectivity index (χ1n) is 16.5. The van der Waals surface area contributed by atoms with E-state index >= 15 is 0 Å². The molecule has 5 rings (SSSR count). The van der Waals surface area contributed by atoms with Crippen molar-refractivity contribution in [2.45, 2.75) is 64.2 Å². The monoisotopic (exact) mass is 630 g/mol. The Labute approximate surface area is 272 Å². The van der Waals surface area contributed by atoms with Crippen molar-refractivity contribution in [3.63, 3.8) is 0 Å². The highest BCUT2D eigenvalue weighted by molar-refractivity contribution is 5.94. The first-order chi connectivity index (χ1) is 22.2. The van der Waals surface area contributed by atoms with E-state index in [9.17, 15) is 19.1 Å². The van der Waals surface area contributed by atoms with Crippen LogP contribution in [0.25, 0.3) is 0 Å². The average Bonchev–Trinajstić information content (AvgIpc) is 3.03. The number of phenols is 1. The number of amides is 1. The van der Waals surface area contributed by atoms with Gasteiger partial charge in [0.05, 0.1) is 6.04 Å². The molecule has 9 heteroatoms. The van der Waals surface area contributed by atoms with Crippen LogP contribution >= 0.6 is 0 Å². The molecule has 1 amide bonds. The van der Waals surface area contributed by atoms with Crippen molar-refractivity contribution in [1.29, 1.82) is 0 Å². The molecule has 2 aliphatic rings. The Hall–Kier alpha value is -3.79. The van der Waals surface area contributed by atoms with Crippen LogP contribution in [0.3, 0.4) is 0 Å². The Balaban J connectivity index is 1.28. The molecule has 246 valence electrons. The van der Waals surface area contributed by atoms with Crippen LogP contribution in [0.1, 0.15) is 72.6 Å². The topological polar surface area (TPSA) is 87.6 Å². The molecule has 0 bridgehead atoms. The van der Waals surface area contributed by atoms with Crippen molar-refractivity contribution in [2.24, 2.45) is 0 Å². The lowest BCUT2D eigenvalue weighted by atomic mass is 9.92. The largest absolute Gasteiger partial charge is 0.508 e. The van der Waals surface area contributed by atoms with Gasteiger partial charge in [0.2, 0.25) is 0 Å². The van der Waals surface area contributed by atoms with E-state index in [0.29, 0.717) is 31.6 Å². The van der Waals surface area contributed by atoms with Crippen LogP contribution in [-0.4, -0.2) is 99.6 Å². The maximum Gasteiger partial charge on any atom is 0.303 e. The molecule has 3 atom stereocenters. The van der Waals surface area contributed by atoms with Crippen LogP contribution in [0.4, 0.5) is 4.39 Å². The van der Waals surface area contributed by atoms with Gasteiger partial charge in [0.25, 0.3) is 5.91 Å². The first-order valence-corrected chi connectivity index (χ1v) is 16.5. The third-order valence-electron chi connectivity index (χ3n) is 9.43. The van der Waals surface area contributed by atoms with Crippen molar-refractivity contribution in [1.82, 2.24) is 19.6 Å². The van der Waals surface area contributed by atoms with Crippen LogP contribution < -0.4 is 0 Å². The molecule has 2 heterocycles. The predicted octanol–water partition coefficient (Wildman–Crippen LogP) is 5.62. The molecule has 0 aliphatic carbocycles. The summed E-state index contributed by atoms with van der Waals surface area (Å²) in [6.07, 6.45) is 2.79. The molecule has 0 spiro atoms. The number of piperazine rings is 2. The number of rotatable bonds is 12. The van der Waals surface area contributed by atoms with Crippen molar-refractivity contribution >= 4 is 11.9 Å². The third-order valence-corrected chi connectivity index (χ3v) is 9.43. The fraction of sp³-hybridized carbons (Fsp3) is 0.459. The van der Waals surface area contributed by atoms with Gasteiger partial charge in [-0.2, -0.15) is 0 Å². The quantitative estimate of drug-likeness (QED) is 0.251. The highest BCUT2D eigenvalue weighted by Gasteiger charge is 2.35. The zero-order chi connectivity index (χ0) is 32.6. The number of benzene rings is 3. The summed E-state index contributed by atoms with van der Waals surface area (Å²) in [5.74, 6) is -0.727. The van der Waals surface area contributed by atoms with Crippen molar-refractivity contribution in [2.75, 3.05) is 45.8 Å². The maximum atomic E-state index is 13.9. The highest BCUT2D eigenvalue weighted by atomic mass is 19.1. The molecule has 46 heavy (non-hydrogen) atoms. The minimum absolute atomic E-state index is 0.0268. The number of carboxylic acids is 1. The highest BCUT2D eigenvalue weighted by Crippen LogP contribution is 2.35. The number of hydrogen-bond donors (Lipinski definition) is 2. The molecule has 2 saturated heterocycles.